The highest BCUT2D eigenvalue weighted by Gasteiger charge is 2.33. The molecular weight excluding hydrogens is 546 g/mol. The smallest absolute Gasteiger partial charge is 0.264 e. The number of hydrogen-bond donors (Lipinski definition) is 1. The van der Waals surface area contributed by atoms with E-state index in [-0.39, 0.29) is 23.4 Å². The van der Waals surface area contributed by atoms with Crippen LogP contribution >= 0.6 is 11.6 Å². The molecule has 4 rings (SSSR count). The van der Waals surface area contributed by atoms with Gasteiger partial charge in [0.05, 0.1) is 10.6 Å². The lowest BCUT2D eigenvalue weighted by Crippen LogP contribution is -2.53. The van der Waals surface area contributed by atoms with Gasteiger partial charge in [-0.25, -0.2) is 8.42 Å². The fourth-order valence-corrected chi connectivity index (χ4v) is 6.57. The van der Waals surface area contributed by atoms with Crippen molar-refractivity contribution in [3.05, 3.63) is 95.0 Å². The monoisotopic (exact) mass is 581 g/mol. The largest absolute Gasteiger partial charge is 0.352 e. The molecular formula is C31H36ClN3O4S. The molecule has 0 bridgehead atoms. The topological polar surface area (TPSA) is 86.8 Å². The van der Waals surface area contributed by atoms with Crippen LogP contribution in [0.25, 0.3) is 0 Å². The van der Waals surface area contributed by atoms with Crippen molar-refractivity contribution in [2.24, 2.45) is 0 Å². The Labute approximate surface area is 242 Å². The third-order valence-corrected chi connectivity index (χ3v) is 9.32. The van der Waals surface area contributed by atoms with Gasteiger partial charge >= 0.3 is 0 Å². The van der Waals surface area contributed by atoms with Gasteiger partial charge in [-0.1, -0.05) is 78.9 Å². The van der Waals surface area contributed by atoms with E-state index in [0.29, 0.717) is 10.7 Å². The molecule has 0 spiro atoms. The van der Waals surface area contributed by atoms with Crippen LogP contribution < -0.4 is 9.62 Å². The number of amides is 2. The van der Waals surface area contributed by atoms with Gasteiger partial charge in [0.1, 0.15) is 12.6 Å². The molecule has 3 aromatic carbocycles. The standard InChI is InChI=1S/C31H36ClN3O4S/c1-23-16-18-29(19-17-23)40(38,39)35(28-14-7-4-8-15-28)22-30(36)34(21-25-10-9-11-26(32)20-25)24(2)31(37)33-27-12-5-3-6-13-27/h4,7-11,14-20,24,27H,3,5-6,12-13,21-22H2,1-2H3,(H,33,37)/t24-/m0/s1. The van der Waals surface area contributed by atoms with Crippen molar-refractivity contribution in [1.29, 1.82) is 0 Å². The van der Waals surface area contributed by atoms with Gasteiger partial charge in [-0.15, -0.1) is 0 Å². The van der Waals surface area contributed by atoms with Crippen molar-refractivity contribution in [2.75, 3.05) is 10.8 Å². The second-order valence-electron chi connectivity index (χ2n) is 10.3. The molecule has 3 aromatic rings. The van der Waals surface area contributed by atoms with E-state index in [9.17, 15) is 18.0 Å². The second kappa shape index (κ2) is 13.3. The number of para-hydroxylation sites is 1. The average molecular weight is 582 g/mol. The molecule has 1 aliphatic rings. The van der Waals surface area contributed by atoms with E-state index in [2.05, 4.69) is 5.32 Å². The fourth-order valence-electron chi connectivity index (χ4n) is 4.94. The third-order valence-electron chi connectivity index (χ3n) is 7.29. The van der Waals surface area contributed by atoms with Crippen LogP contribution in [0.1, 0.15) is 50.2 Å². The molecule has 0 saturated heterocycles. The molecule has 1 saturated carbocycles. The molecule has 1 fully saturated rings. The van der Waals surface area contributed by atoms with E-state index < -0.39 is 28.5 Å². The zero-order valence-corrected chi connectivity index (χ0v) is 24.5. The first kappa shape index (κ1) is 29.6. The minimum absolute atomic E-state index is 0.0783. The summed E-state index contributed by atoms with van der Waals surface area (Å²) in [5.41, 5.74) is 2.02. The lowest BCUT2D eigenvalue weighted by molar-refractivity contribution is -0.139. The molecule has 40 heavy (non-hydrogen) atoms. The number of sulfonamides is 1. The molecule has 0 aromatic heterocycles. The Balaban J connectivity index is 1.65. The van der Waals surface area contributed by atoms with Gasteiger partial charge in [-0.05, 0) is 68.7 Å². The summed E-state index contributed by atoms with van der Waals surface area (Å²) >= 11 is 6.21. The van der Waals surface area contributed by atoms with Crippen LogP contribution in [0.3, 0.4) is 0 Å². The molecule has 0 heterocycles. The zero-order valence-electron chi connectivity index (χ0n) is 22.9. The Hall–Kier alpha value is -3.36. The van der Waals surface area contributed by atoms with Crippen molar-refractivity contribution in [3.63, 3.8) is 0 Å². The van der Waals surface area contributed by atoms with Crippen LogP contribution in [-0.4, -0.2) is 43.8 Å². The molecule has 2 amide bonds. The summed E-state index contributed by atoms with van der Waals surface area (Å²) in [6.07, 6.45) is 5.11. The number of halogens is 1. The van der Waals surface area contributed by atoms with Crippen LogP contribution in [0, 0.1) is 6.92 Å². The van der Waals surface area contributed by atoms with Gasteiger partial charge < -0.3 is 10.2 Å². The number of hydrogen-bond acceptors (Lipinski definition) is 4. The van der Waals surface area contributed by atoms with Crippen molar-refractivity contribution >= 4 is 39.1 Å². The Morgan fingerprint density at radius 3 is 2.27 bits per heavy atom. The highest BCUT2D eigenvalue weighted by molar-refractivity contribution is 7.92. The van der Waals surface area contributed by atoms with E-state index in [4.69, 9.17) is 11.6 Å². The Morgan fingerprint density at radius 2 is 1.62 bits per heavy atom. The molecule has 212 valence electrons. The molecule has 1 N–H and O–H groups in total. The maximum atomic E-state index is 14.0. The maximum Gasteiger partial charge on any atom is 0.264 e. The van der Waals surface area contributed by atoms with Crippen molar-refractivity contribution < 1.29 is 18.0 Å². The summed E-state index contributed by atoms with van der Waals surface area (Å²) in [4.78, 5) is 28.9. The molecule has 0 unspecified atom stereocenters. The first-order valence-electron chi connectivity index (χ1n) is 13.6. The van der Waals surface area contributed by atoms with Crippen LogP contribution in [-0.2, 0) is 26.2 Å². The molecule has 1 aliphatic carbocycles. The van der Waals surface area contributed by atoms with Crippen LogP contribution in [0.2, 0.25) is 5.02 Å². The van der Waals surface area contributed by atoms with Gasteiger partial charge in [0, 0.05) is 17.6 Å². The van der Waals surface area contributed by atoms with Gasteiger partial charge in [0.2, 0.25) is 11.8 Å². The maximum absolute atomic E-state index is 14.0. The number of nitrogens with one attached hydrogen (secondary N) is 1. The number of anilines is 1. The molecule has 9 heteroatoms. The lowest BCUT2D eigenvalue weighted by atomic mass is 9.95. The number of nitrogens with zero attached hydrogens (tertiary/aromatic N) is 2. The van der Waals surface area contributed by atoms with Gasteiger partial charge in [0.25, 0.3) is 10.0 Å². The SMILES string of the molecule is Cc1ccc(S(=O)(=O)N(CC(=O)N(Cc2cccc(Cl)c2)[C@@H](C)C(=O)NC2CCCCC2)c2ccccc2)cc1. The zero-order chi connectivity index (χ0) is 28.7. The third kappa shape index (κ3) is 7.43. The van der Waals surface area contributed by atoms with Crippen LogP contribution in [0.4, 0.5) is 5.69 Å². The first-order valence-corrected chi connectivity index (χ1v) is 15.5. The van der Waals surface area contributed by atoms with E-state index in [1.165, 1.54) is 17.0 Å². The quantitative estimate of drug-likeness (QED) is 0.332. The summed E-state index contributed by atoms with van der Waals surface area (Å²) in [5.74, 6) is -0.749. The minimum atomic E-state index is -4.08. The van der Waals surface area contributed by atoms with E-state index >= 15 is 0 Å². The minimum Gasteiger partial charge on any atom is -0.352 e. The summed E-state index contributed by atoms with van der Waals surface area (Å²) in [6, 6.07) is 21.4. The van der Waals surface area contributed by atoms with E-state index in [1.54, 1.807) is 67.6 Å². The second-order valence-corrected chi connectivity index (χ2v) is 12.6. The molecule has 0 aliphatic heterocycles. The fraction of sp³-hybridized carbons (Fsp3) is 0.355. The summed E-state index contributed by atoms with van der Waals surface area (Å²) in [6.45, 7) is 3.19. The highest BCUT2D eigenvalue weighted by atomic mass is 35.5. The van der Waals surface area contributed by atoms with E-state index in [1.807, 2.05) is 13.0 Å². The first-order chi connectivity index (χ1) is 19.1. The van der Waals surface area contributed by atoms with Crippen LogP contribution in [0.5, 0.6) is 0 Å². The molecule has 7 nitrogen and oxygen atoms in total. The van der Waals surface area contributed by atoms with Gasteiger partial charge in [-0.2, -0.15) is 0 Å². The predicted octanol–water partition coefficient (Wildman–Crippen LogP) is 5.71. The number of aryl methyl sites for hydroxylation is 1. The number of carbonyl (C=O) groups is 2. The van der Waals surface area contributed by atoms with Gasteiger partial charge in [-0.3, -0.25) is 13.9 Å². The Bertz CT molecular complexity index is 1410. The van der Waals surface area contributed by atoms with Crippen molar-refractivity contribution in [1.82, 2.24) is 10.2 Å². The normalized spacial score (nSPS) is 14.8. The average Bonchev–Trinajstić information content (AvgIpc) is 2.95. The Kier molecular flexibility index (Phi) is 9.87. The molecule has 1 atom stereocenters. The van der Waals surface area contributed by atoms with Crippen molar-refractivity contribution in [3.8, 4) is 0 Å². The number of rotatable bonds is 10. The van der Waals surface area contributed by atoms with E-state index in [0.717, 1.165) is 47.5 Å². The molecule has 0 radical (unpaired) electrons. The number of benzene rings is 3. The Morgan fingerprint density at radius 1 is 0.950 bits per heavy atom. The summed E-state index contributed by atoms with van der Waals surface area (Å²) in [7, 11) is -4.08. The lowest BCUT2D eigenvalue weighted by Gasteiger charge is -2.33. The van der Waals surface area contributed by atoms with Crippen molar-refractivity contribution in [2.45, 2.75) is 69.5 Å². The summed E-state index contributed by atoms with van der Waals surface area (Å²) in [5, 5.41) is 3.62. The predicted molar refractivity (Wildman–Crippen MR) is 159 cm³/mol. The highest BCUT2D eigenvalue weighted by Crippen LogP contribution is 2.25. The van der Waals surface area contributed by atoms with Gasteiger partial charge in [0.15, 0.2) is 0 Å². The number of carbonyl (C=O) groups excluding carboxylic acids is 2. The van der Waals surface area contributed by atoms with Crippen LogP contribution in [0.15, 0.2) is 83.8 Å². The summed E-state index contributed by atoms with van der Waals surface area (Å²) < 4.78 is 28.8.